The summed E-state index contributed by atoms with van der Waals surface area (Å²) in [5.41, 5.74) is 6.54. The Morgan fingerprint density at radius 2 is 2.43 bits per heavy atom. The van der Waals surface area contributed by atoms with E-state index < -0.39 is 0 Å². The summed E-state index contributed by atoms with van der Waals surface area (Å²) in [7, 11) is 0. The Morgan fingerprint density at radius 3 is 3.07 bits per heavy atom. The summed E-state index contributed by atoms with van der Waals surface area (Å²) in [6.07, 6.45) is 2.79. The highest BCUT2D eigenvalue weighted by atomic mass is 15.1. The second-order valence-corrected chi connectivity index (χ2v) is 2.95. The lowest BCUT2D eigenvalue weighted by Crippen LogP contribution is -2.32. The third kappa shape index (κ3) is 3.89. The van der Waals surface area contributed by atoms with Crippen LogP contribution >= 0.6 is 0 Å². The maximum atomic E-state index is 5.62. The molecule has 0 atom stereocenters. The van der Waals surface area contributed by atoms with E-state index in [-0.39, 0.29) is 0 Å². The summed E-state index contributed by atoms with van der Waals surface area (Å²) in [5.74, 6) is 0.484. The molecule has 1 aromatic rings. The highest BCUT2D eigenvalue weighted by Crippen LogP contribution is 1.94. The van der Waals surface area contributed by atoms with Gasteiger partial charge in [0.25, 0.3) is 0 Å². The van der Waals surface area contributed by atoms with Gasteiger partial charge in [0.1, 0.15) is 0 Å². The maximum Gasteiger partial charge on any atom is 0.188 e. The molecule has 0 spiro atoms. The second-order valence-electron chi connectivity index (χ2n) is 2.95. The molecule has 76 valence electrons. The number of hydrogen-bond donors (Lipinski definition) is 2. The molecular formula is C10H16N4. The van der Waals surface area contributed by atoms with Crippen LogP contribution in [0.5, 0.6) is 0 Å². The monoisotopic (exact) mass is 192 g/mol. The van der Waals surface area contributed by atoms with Gasteiger partial charge in [0.15, 0.2) is 5.96 Å². The minimum absolute atomic E-state index is 0.484. The first-order valence-electron chi connectivity index (χ1n) is 4.76. The summed E-state index contributed by atoms with van der Waals surface area (Å²) >= 11 is 0. The molecule has 0 aliphatic rings. The van der Waals surface area contributed by atoms with Crippen molar-refractivity contribution in [3.63, 3.8) is 0 Å². The number of aliphatic imine (C=N–C) groups is 1. The number of guanidine groups is 1. The van der Waals surface area contributed by atoms with Gasteiger partial charge >= 0.3 is 0 Å². The zero-order valence-electron chi connectivity index (χ0n) is 8.40. The van der Waals surface area contributed by atoms with Crippen LogP contribution in [0.2, 0.25) is 0 Å². The van der Waals surface area contributed by atoms with Crippen molar-refractivity contribution < 1.29 is 0 Å². The van der Waals surface area contributed by atoms with Gasteiger partial charge in [-0.2, -0.15) is 0 Å². The largest absolute Gasteiger partial charge is 0.370 e. The number of rotatable bonds is 4. The van der Waals surface area contributed by atoms with Gasteiger partial charge in [-0.15, -0.1) is 0 Å². The van der Waals surface area contributed by atoms with Crippen molar-refractivity contribution in [2.24, 2.45) is 10.7 Å². The first kappa shape index (κ1) is 10.5. The lowest BCUT2D eigenvalue weighted by molar-refractivity contribution is 0.823. The molecule has 0 aromatic carbocycles. The van der Waals surface area contributed by atoms with Crippen molar-refractivity contribution in [1.82, 2.24) is 10.3 Å². The Morgan fingerprint density at radius 1 is 1.57 bits per heavy atom. The van der Waals surface area contributed by atoms with E-state index in [4.69, 9.17) is 5.73 Å². The molecule has 0 unspecified atom stereocenters. The number of nitrogens with zero attached hydrogens (tertiary/aromatic N) is 2. The van der Waals surface area contributed by atoms with Crippen molar-refractivity contribution >= 4 is 5.96 Å². The van der Waals surface area contributed by atoms with E-state index in [1.54, 1.807) is 6.20 Å². The molecule has 0 amide bonds. The first-order chi connectivity index (χ1) is 6.83. The molecule has 3 N–H and O–H groups in total. The Labute approximate surface area is 84.3 Å². The quantitative estimate of drug-likeness (QED) is 0.550. The summed E-state index contributed by atoms with van der Waals surface area (Å²) in [5, 5.41) is 3.00. The van der Waals surface area contributed by atoms with E-state index in [1.165, 1.54) is 0 Å². The van der Waals surface area contributed by atoms with E-state index in [2.05, 4.69) is 22.2 Å². The molecule has 1 aromatic heterocycles. The number of pyridine rings is 1. The van der Waals surface area contributed by atoms with Crippen LogP contribution in [-0.2, 0) is 6.54 Å². The lowest BCUT2D eigenvalue weighted by Gasteiger charge is -2.02. The Hall–Kier alpha value is -1.58. The molecule has 0 saturated carbocycles. The van der Waals surface area contributed by atoms with Crippen molar-refractivity contribution in [3.8, 4) is 0 Å². The Balaban J connectivity index is 2.39. The normalized spacial score (nSPS) is 11.4. The molecule has 4 nitrogen and oxygen atoms in total. The van der Waals surface area contributed by atoms with Gasteiger partial charge in [-0.05, 0) is 18.6 Å². The van der Waals surface area contributed by atoms with Crippen molar-refractivity contribution in [2.45, 2.75) is 19.9 Å². The second kappa shape index (κ2) is 5.96. The van der Waals surface area contributed by atoms with Crippen LogP contribution in [0.25, 0.3) is 0 Å². The van der Waals surface area contributed by atoms with Gasteiger partial charge in [0, 0.05) is 12.7 Å². The van der Waals surface area contributed by atoms with E-state index >= 15 is 0 Å². The van der Waals surface area contributed by atoms with Crippen LogP contribution < -0.4 is 11.1 Å². The van der Waals surface area contributed by atoms with E-state index in [9.17, 15) is 0 Å². The average molecular weight is 192 g/mol. The summed E-state index contributed by atoms with van der Waals surface area (Å²) in [6.45, 7) is 3.47. The topological polar surface area (TPSA) is 63.3 Å². The Kier molecular flexibility index (Phi) is 4.47. The lowest BCUT2D eigenvalue weighted by atomic mass is 10.3. The van der Waals surface area contributed by atoms with Gasteiger partial charge in [-0.3, -0.25) is 4.98 Å². The number of hydrogen-bond acceptors (Lipinski definition) is 2. The molecule has 0 fully saturated rings. The van der Waals surface area contributed by atoms with E-state index in [1.807, 2.05) is 18.2 Å². The maximum absolute atomic E-state index is 5.62. The van der Waals surface area contributed by atoms with Gasteiger partial charge in [-0.1, -0.05) is 13.0 Å². The molecule has 0 aliphatic carbocycles. The number of nitrogens with two attached hydrogens (primary N) is 1. The van der Waals surface area contributed by atoms with Gasteiger partial charge in [0.2, 0.25) is 0 Å². The predicted octanol–water partition coefficient (Wildman–Crippen LogP) is 0.896. The van der Waals surface area contributed by atoms with E-state index in [0.29, 0.717) is 12.5 Å². The van der Waals surface area contributed by atoms with Crippen LogP contribution in [0, 0.1) is 0 Å². The molecule has 0 radical (unpaired) electrons. The van der Waals surface area contributed by atoms with Crippen LogP contribution in [0.15, 0.2) is 29.4 Å². The molecule has 1 rings (SSSR count). The van der Waals surface area contributed by atoms with Crippen LogP contribution in [0.1, 0.15) is 19.0 Å². The van der Waals surface area contributed by atoms with Crippen molar-refractivity contribution in [3.05, 3.63) is 30.1 Å². The molecule has 4 heteroatoms. The number of nitrogens with one attached hydrogen (secondary N) is 1. The fraction of sp³-hybridized carbons (Fsp3) is 0.400. The molecule has 0 aliphatic heterocycles. The standard InChI is InChI=1S/C10H16N4/c1-2-6-13-10(11)14-8-9-5-3-4-7-12-9/h3-5,7H,2,6,8H2,1H3,(H3,11,13,14). The van der Waals surface area contributed by atoms with Gasteiger partial charge in [-0.25, -0.2) is 4.99 Å². The fourth-order valence-electron chi connectivity index (χ4n) is 0.967. The van der Waals surface area contributed by atoms with Crippen molar-refractivity contribution in [2.75, 3.05) is 6.54 Å². The molecule has 0 saturated heterocycles. The fourth-order valence-corrected chi connectivity index (χ4v) is 0.967. The van der Waals surface area contributed by atoms with E-state index in [0.717, 1.165) is 18.7 Å². The number of aromatic nitrogens is 1. The predicted molar refractivity (Wildman–Crippen MR) is 57.9 cm³/mol. The minimum atomic E-state index is 0.484. The molecule has 14 heavy (non-hydrogen) atoms. The van der Waals surface area contributed by atoms with Crippen LogP contribution in [0.3, 0.4) is 0 Å². The molecular weight excluding hydrogens is 176 g/mol. The minimum Gasteiger partial charge on any atom is -0.370 e. The zero-order valence-corrected chi connectivity index (χ0v) is 8.40. The highest BCUT2D eigenvalue weighted by Gasteiger charge is 1.91. The SMILES string of the molecule is CCCNC(N)=NCc1ccccn1. The van der Waals surface area contributed by atoms with Crippen LogP contribution in [0.4, 0.5) is 0 Å². The molecule has 0 bridgehead atoms. The average Bonchev–Trinajstić information content (AvgIpc) is 2.25. The summed E-state index contributed by atoms with van der Waals surface area (Å²) < 4.78 is 0. The molecule has 1 heterocycles. The third-order valence-corrected chi connectivity index (χ3v) is 1.69. The summed E-state index contributed by atoms with van der Waals surface area (Å²) in [6, 6.07) is 5.75. The van der Waals surface area contributed by atoms with Gasteiger partial charge < -0.3 is 11.1 Å². The first-order valence-corrected chi connectivity index (χ1v) is 4.76. The third-order valence-electron chi connectivity index (χ3n) is 1.69. The smallest absolute Gasteiger partial charge is 0.188 e. The zero-order chi connectivity index (χ0) is 10.2. The van der Waals surface area contributed by atoms with Crippen LogP contribution in [-0.4, -0.2) is 17.5 Å². The van der Waals surface area contributed by atoms with Crippen molar-refractivity contribution in [1.29, 1.82) is 0 Å². The van der Waals surface area contributed by atoms with Gasteiger partial charge in [0.05, 0.1) is 12.2 Å². The summed E-state index contributed by atoms with van der Waals surface area (Å²) in [4.78, 5) is 8.29. The Bertz CT molecular complexity index is 281. The highest BCUT2D eigenvalue weighted by molar-refractivity contribution is 5.77.